The average Bonchev–Trinajstić information content (AvgIpc) is 2.96. The highest BCUT2D eigenvalue weighted by Crippen LogP contribution is 2.24. The van der Waals surface area contributed by atoms with Crippen LogP contribution in [0.1, 0.15) is 74.7 Å². The molecule has 0 aliphatic rings. The molecule has 0 radical (unpaired) electrons. The van der Waals surface area contributed by atoms with Crippen molar-refractivity contribution in [3.63, 3.8) is 0 Å². The largest absolute Gasteiger partial charge is 0.494 e. The van der Waals surface area contributed by atoms with Crippen molar-refractivity contribution in [2.75, 3.05) is 13.7 Å². The van der Waals surface area contributed by atoms with E-state index in [0.717, 1.165) is 41.2 Å². The predicted molar refractivity (Wildman–Crippen MR) is 153 cm³/mol. The van der Waals surface area contributed by atoms with Crippen molar-refractivity contribution in [3.8, 4) is 22.6 Å². The molecule has 0 unspecified atom stereocenters. The fourth-order valence-corrected chi connectivity index (χ4v) is 4.07. The summed E-state index contributed by atoms with van der Waals surface area (Å²) in [6.45, 7) is 5.13. The highest BCUT2D eigenvalue weighted by Gasteiger charge is 2.15. The van der Waals surface area contributed by atoms with Gasteiger partial charge in [0.15, 0.2) is 0 Å². The van der Waals surface area contributed by atoms with E-state index in [1.807, 2.05) is 60.7 Å². The summed E-state index contributed by atoms with van der Waals surface area (Å²) in [5.41, 5.74) is 3.48. The van der Waals surface area contributed by atoms with Crippen LogP contribution in [-0.2, 0) is 20.9 Å². The van der Waals surface area contributed by atoms with Gasteiger partial charge < -0.3 is 18.9 Å². The highest BCUT2D eigenvalue weighted by atomic mass is 16.6. The Morgan fingerprint density at radius 3 is 1.92 bits per heavy atom. The summed E-state index contributed by atoms with van der Waals surface area (Å²) < 4.78 is 21.7. The fourth-order valence-electron chi connectivity index (χ4n) is 4.07. The number of carbonyl (C=O) groups is 2. The first-order valence-corrected chi connectivity index (χ1v) is 13.8. The number of esters is 2. The predicted octanol–water partition coefficient (Wildman–Crippen LogP) is 7.78. The number of rotatable bonds is 16. The Morgan fingerprint density at radius 2 is 1.28 bits per heavy atom. The van der Waals surface area contributed by atoms with Gasteiger partial charge in [-0.1, -0.05) is 75.4 Å². The van der Waals surface area contributed by atoms with Gasteiger partial charge in [0.2, 0.25) is 0 Å². The van der Waals surface area contributed by atoms with Gasteiger partial charge in [0, 0.05) is 0 Å². The van der Waals surface area contributed by atoms with Crippen molar-refractivity contribution in [2.45, 2.75) is 71.5 Å². The standard InChI is InChI=1S/C33H40O6/c1-4-5-6-7-8-9-22-37-30-18-10-26(11-19-30)24-38-31-20-16-28(17-21-31)27-12-14-29(15-13-27)33(35)39-25(2)23-32(34)36-3/h10-21,25H,4-9,22-24H2,1-3H3/t25-/m0/s1. The number of hydrogen-bond acceptors (Lipinski definition) is 6. The molecule has 0 aliphatic carbocycles. The minimum absolute atomic E-state index is 0.0216. The van der Waals surface area contributed by atoms with Gasteiger partial charge >= 0.3 is 11.9 Å². The third-order valence-electron chi connectivity index (χ3n) is 6.39. The van der Waals surface area contributed by atoms with Crippen LogP contribution in [0.4, 0.5) is 0 Å². The quantitative estimate of drug-likeness (QED) is 0.139. The molecular formula is C33H40O6. The van der Waals surface area contributed by atoms with E-state index in [1.54, 1.807) is 19.1 Å². The van der Waals surface area contributed by atoms with Crippen molar-refractivity contribution in [3.05, 3.63) is 83.9 Å². The Balaban J connectivity index is 1.42. The summed E-state index contributed by atoms with van der Waals surface area (Å²) in [6.07, 6.45) is 6.99. The van der Waals surface area contributed by atoms with E-state index >= 15 is 0 Å². The number of carbonyl (C=O) groups excluding carboxylic acids is 2. The van der Waals surface area contributed by atoms with Gasteiger partial charge in [-0.15, -0.1) is 0 Å². The Hall–Kier alpha value is -3.80. The van der Waals surface area contributed by atoms with Crippen LogP contribution in [0.15, 0.2) is 72.8 Å². The van der Waals surface area contributed by atoms with Crippen LogP contribution in [0.3, 0.4) is 0 Å². The van der Waals surface area contributed by atoms with E-state index < -0.39 is 18.0 Å². The molecule has 208 valence electrons. The van der Waals surface area contributed by atoms with Crippen molar-refractivity contribution < 1.29 is 28.5 Å². The number of ether oxygens (including phenoxy) is 4. The van der Waals surface area contributed by atoms with Gasteiger partial charge in [-0.3, -0.25) is 4.79 Å². The maximum absolute atomic E-state index is 12.3. The molecule has 0 bridgehead atoms. The summed E-state index contributed by atoms with van der Waals surface area (Å²) in [5.74, 6) is 0.785. The van der Waals surface area contributed by atoms with Crippen molar-refractivity contribution in [2.24, 2.45) is 0 Å². The molecule has 0 amide bonds. The third-order valence-corrected chi connectivity index (χ3v) is 6.39. The third kappa shape index (κ3) is 10.5. The van der Waals surface area contributed by atoms with E-state index in [0.29, 0.717) is 12.2 Å². The molecule has 0 saturated carbocycles. The first kappa shape index (κ1) is 29.8. The molecule has 0 spiro atoms. The van der Waals surface area contributed by atoms with Crippen LogP contribution >= 0.6 is 0 Å². The first-order valence-electron chi connectivity index (χ1n) is 13.8. The molecule has 0 N–H and O–H groups in total. The smallest absolute Gasteiger partial charge is 0.338 e. The number of benzene rings is 3. The maximum Gasteiger partial charge on any atom is 0.338 e. The Bertz CT molecular complexity index is 1140. The molecule has 0 saturated heterocycles. The summed E-state index contributed by atoms with van der Waals surface area (Å²) in [5, 5.41) is 0. The second-order valence-electron chi connectivity index (χ2n) is 9.65. The summed E-state index contributed by atoms with van der Waals surface area (Å²) in [6, 6.07) is 23.1. The van der Waals surface area contributed by atoms with E-state index in [2.05, 4.69) is 11.7 Å². The number of unbranched alkanes of at least 4 members (excludes halogenated alkanes) is 5. The lowest BCUT2D eigenvalue weighted by molar-refractivity contribution is -0.142. The normalized spacial score (nSPS) is 11.5. The molecular weight excluding hydrogens is 492 g/mol. The van der Waals surface area contributed by atoms with Crippen molar-refractivity contribution >= 4 is 11.9 Å². The molecule has 0 aliphatic heterocycles. The molecule has 0 heterocycles. The summed E-state index contributed by atoms with van der Waals surface area (Å²) in [7, 11) is 1.31. The second-order valence-corrected chi connectivity index (χ2v) is 9.65. The molecule has 0 aromatic heterocycles. The van der Waals surface area contributed by atoms with Gasteiger partial charge in [-0.05, 0) is 66.4 Å². The lowest BCUT2D eigenvalue weighted by Gasteiger charge is -2.12. The number of methoxy groups -OCH3 is 1. The highest BCUT2D eigenvalue weighted by molar-refractivity contribution is 5.90. The zero-order chi connectivity index (χ0) is 27.9. The van der Waals surface area contributed by atoms with Gasteiger partial charge in [0.25, 0.3) is 0 Å². The Morgan fingerprint density at radius 1 is 0.718 bits per heavy atom. The zero-order valence-corrected chi connectivity index (χ0v) is 23.3. The monoisotopic (exact) mass is 532 g/mol. The van der Waals surface area contributed by atoms with E-state index in [4.69, 9.17) is 14.2 Å². The Labute approximate surface area is 232 Å². The van der Waals surface area contributed by atoms with Crippen LogP contribution in [0, 0.1) is 0 Å². The molecule has 1 atom stereocenters. The first-order chi connectivity index (χ1) is 19.0. The van der Waals surface area contributed by atoms with Gasteiger partial charge in [-0.2, -0.15) is 0 Å². The molecule has 6 nitrogen and oxygen atoms in total. The second kappa shape index (κ2) is 16.2. The number of hydrogen-bond donors (Lipinski definition) is 0. The lowest BCUT2D eigenvalue weighted by atomic mass is 10.0. The van der Waals surface area contributed by atoms with Crippen molar-refractivity contribution in [1.82, 2.24) is 0 Å². The maximum atomic E-state index is 12.3. The molecule has 0 fully saturated rings. The van der Waals surface area contributed by atoms with Crippen LogP contribution in [0.5, 0.6) is 11.5 Å². The summed E-state index contributed by atoms with van der Waals surface area (Å²) in [4.78, 5) is 23.7. The lowest BCUT2D eigenvalue weighted by Crippen LogP contribution is -2.19. The van der Waals surface area contributed by atoms with E-state index in [1.165, 1.54) is 39.2 Å². The zero-order valence-electron chi connectivity index (χ0n) is 23.3. The average molecular weight is 533 g/mol. The fraction of sp³-hybridized carbons (Fsp3) is 0.394. The Kier molecular flexibility index (Phi) is 12.4. The molecule has 3 aromatic rings. The van der Waals surface area contributed by atoms with Crippen LogP contribution in [-0.4, -0.2) is 31.8 Å². The topological polar surface area (TPSA) is 71.1 Å². The van der Waals surface area contributed by atoms with Crippen LogP contribution < -0.4 is 9.47 Å². The molecule has 6 heteroatoms. The van der Waals surface area contributed by atoms with Crippen LogP contribution in [0.2, 0.25) is 0 Å². The van der Waals surface area contributed by atoms with Gasteiger partial charge in [0.1, 0.15) is 24.2 Å². The minimum Gasteiger partial charge on any atom is -0.494 e. The van der Waals surface area contributed by atoms with Crippen LogP contribution in [0.25, 0.3) is 11.1 Å². The van der Waals surface area contributed by atoms with E-state index in [-0.39, 0.29) is 6.42 Å². The van der Waals surface area contributed by atoms with Gasteiger partial charge in [-0.25, -0.2) is 4.79 Å². The SMILES string of the molecule is CCCCCCCCOc1ccc(COc2ccc(-c3ccc(C(=O)O[C@@H](C)CC(=O)OC)cc3)cc2)cc1. The minimum atomic E-state index is -0.557. The van der Waals surface area contributed by atoms with E-state index in [9.17, 15) is 9.59 Å². The van der Waals surface area contributed by atoms with Crippen molar-refractivity contribution in [1.29, 1.82) is 0 Å². The molecule has 39 heavy (non-hydrogen) atoms. The van der Waals surface area contributed by atoms with Gasteiger partial charge in [0.05, 0.1) is 25.7 Å². The molecule has 3 rings (SSSR count). The summed E-state index contributed by atoms with van der Waals surface area (Å²) >= 11 is 0. The molecule has 3 aromatic carbocycles.